The van der Waals surface area contributed by atoms with E-state index in [0.29, 0.717) is 0 Å². The molecule has 0 bridgehead atoms. The number of aromatic nitrogens is 2. The molecule has 0 aromatic carbocycles. The number of carbonyl (C=O) groups is 1. The van der Waals surface area contributed by atoms with Crippen LogP contribution in [0.3, 0.4) is 0 Å². The third-order valence-corrected chi connectivity index (χ3v) is 5.31. The van der Waals surface area contributed by atoms with Gasteiger partial charge in [0, 0.05) is 25.4 Å². The zero-order chi connectivity index (χ0) is 19.1. The van der Waals surface area contributed by atoms with Crippen LogP contribution in [0.5, 0.6) is 0 Å². The summed E-state index contributed by atoms with van der Waals surface area (Å²) in [6.45, 7) is 1.56. The molecule has 0 saturated heterocycles. The maximum atomic E-state index is 11.1. The molecular weight excluding hydrogens is 336 g/mol. The minimum Gasteiger partial charge on any atom is -0.348 e. The molecule has 2 aromatic heterocycles. The van der Waals surface area contributed by atoms with E-state index in [4.69, 9.17) is 5.73 Å². The van der Waals surface area contributed by atoms with Gasteiger partial charge in [0.2, 0.25) is 5.91 Å². The van der Waals surface area contributed by atoms with Gasteiger partial charge in [-0.25, -0.2) is 0 Å². The summed E-state index contributed by atoms with van der Waals surface area (Å²) in [4.78, 5) is 19.8. The van der Waals surface area contributed by atoms with E-state index in [1.165, 1.54) is 30.4 Å². The second-order valence-corrected chi connectivity index (χ2v) is 7.45. The van der Waals surface area contributed by atoms with E-state index in [0.717, 1.165) is 43.5 Å². The van der Waals surface area contributed by atoms with Crippen molar-refractivity contribution >= 4 is 5.91 Å². The lowest BCUT2D eigenvalue weighted by atomic mass is 10.1. The van der Waals surface area contributed by atoms with E-state index in [1.54, 1.807) is 13.1 Å². The summed E-state index contributed by atoms with van der Waals surface area (Å²) in [7, 11) is 0. The summed E-state index contributed by atoms with van der Waals surface area (Å²) < 4.78 is 0. The number of pyridine rings is 2. The van der Waals surface area contributed by atoms with E-state index in [1.807, 2.05) is 18.3 Å². The topological polar surface area (TPSA) is 80.9 Å². The first-order valence-electron chi connectivity index (χ1n) is 10.1. The lowest BCUT2D eigenvalue weighted by Gasteiger charge is -2.16. The molecule has 2 aromatic rings. The average molecular weight is 367 g/mol. The SMILES string of the molecule is CC(=O)N[C@@H]1CCCCc2cccnc21.N[C@H]1CCCCc2cccnc21. The summed E-state index contributed by atoms with van der Waals surface area (Å²) in [6.07, 6.45) is 12.8. The Kier molecular flexibility index (Phi) is 6.93. The fourth-order valence-electron chi connectivity index (χ4n) is 3.98. The number of rotatable bonds is 1. The van der Waals surface area contributed by atoms with Crippen LogP contribution >= 0.6 is 0 Å². The smallest absolute Gasteiger partial charge is 0.217 e. The highest BCUT2D eigenvalue weighted by Gasteiger charge is 2.20. The lowest BCUT2D eigenvalue weighted by Crippen LogP contribution is -2.26. The Morgan fingerprint density at radius 3 is 2.22 bits per heavy atom. The van der Waals surface area contributed by atoms with Crippen molar-refractivity contribution in [1.29, 1.82) is 0 Å². The molecule has 0 saturated carbocycles. The highest BCUT2D eigenvalue weighted by atomic mass is 16.1. The van der Waals surface area contributed by atoms with Gasteiger partial charge in [0.15, 0.2) is 0 Å². The quantitative estimate of drug-likeness (QED) is 0.752. The van der Waals surface area contributed by atoms with Crippen LogP contribution in [0.4, 0.5) is 0 Å². The Balaban J connectivity index is 0.000000159. The first kappa shape index (κ1) is 19.5. The number of fused-ring (bicyclic) bond motifs is 2. The van der Waals surface area contributed by atoms with Crippen LogP contribution in [0.1, 0.15) is 80.0 Å². The van der Waals surface area contributed by atoms with Gasteiger partial charge in [-0.15, -0.1) is 0 Å². The number of aryl methyl sites for hydroxylation is 2. The minimum absolute atomic E-state index is 0.0264. The van der Waals surface area contributed by atoms with Crippen LogP contribution in [-0.4, -0.2) is 15.9 Å². The normalized spacial score (nSPS) is 21.4. The maximum Gasteiger partial charge on any atom is 0.217 e. The number of hydrogen-bond donors (Lipinski definition) is 2. The molecule has 5 heteroatoms. The number of nitrogens with zero attached hydrogens (tertiary/aromatic N) is 2. The predicted molar refractivity (Wildman–Crippen MR) is 107 cm³/mol. The Labute approximate surface area is 161 Å². The van der Waals surface area contributed by atoms with Crippen LogP contribution < -0.4 is 11.1 Å². The van der Waals surface area contributed by atoms with Gasteiger partial charge in [-0.3, -0.25) is 14.8 Å². The largest absolute Gasteiger partial charge is 0.348 e. The fraction of sp³-hybridized carbons (Fsp3) is 0.500. The minimum atomic E-state index is 0.0264. The fourth-order valence-corrected chi connectivity index (χ4v) is 3.98. The van der Waals surface area contributed by atoms with Gasteiger partial charge < -0.3 is 11.1 Å². The summed E-state index contributed by atoms with van der Waals surface area (Å²) in [5.74, 6) is 0.0264. The molecular formula is C22H30N4O. The van der Waals surface area contributed by atoms with Crippen LogP contribution in [0.25, 0.3) is 0 Å². The van der Waals surface area contributed by atoms with Crippen LogP contribution in [0.2, 0.25) is 0 Å². The summed E-state index contributed by atoms with van der Waals surface area (Å²) >= 11 is 0. The van der Waals surface area contributed by atoms with Gasteiger partial charge in [0.05, 0.1) is 17.4 Å². The molecule has 1 amide bonds. The van der Waals surface area contributed by atoms with E-state index in [9.17, 15) is 4.79 Å². The molecule has 3 N–H and O–H groups in total. The first-order chi connectivity index (χ1) is 13.1. The molecule has 0 fully saturated rings. The molecule has 27 heavy (non-hydrogen) atoms. The molecule has 4 rings (SSSR count). The Bertz CT molecular complexity index is 761. The van der Waals surface area contributed by atoms with Crippen molar-refractivity contribution in [2.24, 2.45) is 5.73 Å². The van der Waals surface area contributed by atoms with Crippen LogP contribution in [0.15, 0.2) is 36.7 Å². The van der Waals surface area contributed by atoms with Gasteiger partial charge in [-0.1, -0.05) is 25.0 Å². The molecule has 2 aliphatic rings. The zero-order valence-electron chi connectivity index (χ0n) is 16.2. The van der Waals surface area contributed by atoms with Gasteiger partial charge in [-0.2, -0.15) is 0 Å². The molecule has 0 spiro atoms. The highest BCUT2D eigenvalue weighted by Crippen LogP contribution is 2.26. The van der Waals surface area contributed by atoms with E-state index in [2.05, 4.69) is 27.4 Å². The lowest BCUT2D eigenvalue weighted by molar-refractivity contribution is -0.119. The Morgan fingerprint density at radius 1 is 0.963 bits per heavy atom. The average Bonchev–Trinajstić information content (AvgIpc) is 2.99. The second-order valence-electron chi connectivity index (χ2n) is 7.45. The van der Waals surface area contributed by atoms with Gasteiger partial charge in [-0.05, 0) is 61.8 Å². The van der Waals surface area contributed by atoms with E-state index < -0.39 is 0 Å². The van der Waals surface area contributed by atoms with Gasteiger partial charge in [0.25, 0.3) is 0 Å². The first-order valence-corrected chi connectivity index (χ1v) is 10.1. The maximum absolute atomic E-state index is 11.1. The summed E-state index contributed by atoms with van der Waals surface area (Å²) in [6, 6.07) is 8.51. The van der Waals surface area contributed by atoms with Crippen molar-refractivity contribution in [3.05, 3.63) is 59.2 Å². The van der Waals surface area contributed by atoms with Crippen molar-refractivity contribution in [2.75, 3.05) is 0 Å². The highest BCUT2D eigenvalue weighted by molar-refractivity contribution is 5.73. The molecule has 0 unspecified atom stereocenters. The van der Waals surface area contributed by atoms with Crippen molar-refractivity contribution in [1.82, 2.24) is 15.3 Å². The zero-order valence-corrected chi connectivity index (χ0v) is 16.2. The summed E-state index contributed by atoms with van der Waals surface area (Å²) in [5.41, 5.74) is 10.8. The Morgan fingerprint density at radius 2 is 1.56 bits per heavy atom. The van der Waals surface area contributed by atoms with Crippen molar-refractivity contribution in [3.8, 4) is 0 Å². The number of hydrogen-bond acceptors (Lipinski definition) is 4. The summed E-state index contributed by atoms with van der Waals surface area (Å²) in [5, 5.41) is 2.98. The van der Waals surface area contributed by atoms with E-state index >= 15 is 0 Å². The van der Waals surface area contributed by atoms with Gasteiger partial charge in [0.1, 0.15) is 0 Å². The molecule has 2 atom stereocenters. The van der Waals surface area contributed by atoms with Crippen molar-refractivity contribution in [2.45, 2.75) is 70.4 Å². The molecule has 144 valence electrons. The predicted octanol–water partition coefficient (Wildman–Crippen LogP) is 3.79. The van der Waals surface area contributed by atoms with Crippen LogP contribution in [0, 0.1) is 0 Å². The monoisotopic (exact) mass is 366 g/mol. The molecule has 0 radical (unpaired) electrons. The van der Waals surface area contributed by atoms with Crippen molar-refractivity contribution < 1.29 is 4.79 Å². The number of carbonyl (C=O) groups excluding carboxylic acids is 1. The standard InChI is InChI=1S/C12H16N2O.C10H14N2/c1-9(15)14-11-7-3-2-5-10-6-4-8-13-12(10)11;11-9-6-2-1-4-8-5-3-7-12-10(8)9/h4,6,8,11H,2-3,5,7H2,1H3,(H,14,15);3,5,7,9H,1-2,4,6,11H2/t11-;9-/m10/s1. The third kappa shape index (κ3) is 5.36. The molecule has 0 aliphatic heterocycles. The molecule has 5 nitrogen and oxygen atoms in total. The number of amides is 1. The molecule has 2 heterocycles. The van der Waals surface area contributed by atoms with Gasteiger partial charge >= 0.3 is 0 Å². The van der Waals surface area contributed by atoms with Crippen LogP contribution in [-0.2, 0) is 17.6 Å². The third-order valence-electron chi connectivity index (χ3n) is 5.31. The number of nitrogens with one attached hydrogen (secondary N) is 1. The number of nitrogens with two attached hydrogens (primary N) is 1. The Hall–Kier alpha value is -2.27. The van der Waals surface area contributed by atoms with Crippen molar-refractivity contribution in [3.63, 3.8) is 0 Å². The second kappa shape index (κ2) is 9.60. The van der Waals surface area contributed by atoms with E-state index in [-0.39, 0.29) is 18.0 Å². The molecule has 2 aliphatic carbocycles.